The van der Waals surface area contributed by atoms with Gasteiger partial charge < -0.3 is 39.4 Å². The summed E-state index contributed by atoms with van der Waals surface area (Å²) in [6.45, 7) is 35.5. The summed E-state index contributed by atoms with van der Waals surface area (Å²) in [6.07, 6.45) is 12.2. The summed E-state index contributed by atoms with van der Waals surface area (Å²) in [5.74, 6) is 2.14. The zero-order chi connectivity index (χ0) is 62.3. The summed E-state index contributed by atoms with van der Waals surface area (Å²) in [4.78, 5) is 71.0. The van der Waals surface area contributed by atoms with Gasteiger partial charge in [0.05, 0.1) is 18.6 Å². The van der Waals surface area contributed by atoms with Crippen LogP contribution in [0.25, 0.3) is 5.70 Å². The zero-order valence-corrected chi connectivity index (χ0v) is 52.3. The van der Waals surface area contributed by atoms with Gasteiger partial charge in [-0.05, 0) is 156 Å². The van der Waals surface area contributed by atoms with Crippen molar-refractivity contribution >= 4 is 24.0 Å². The van der Waals surface area contributed by atoms with Crippen molar-refractivity contribution in [3.8, 4) is 29.0 Å². The van der Waals surface area contributed by atoms with Gasteiger partial charge in [-0.3, -0.25) is 29.7 Å². The number of rotatable bonds is 12. The molecular formula is C68H84N12O7. The maximum atomic E-state index is 12.8. The van der Waals surface area contributed by atoms with Gasteiger partial charge in [-0.25, -0.2) is 24.4 Å². The first-order valence-electron chi connectivity index (χ1n) is 29.7. The Balaban J connectivity index is 0.000000170. The first kappa shape index (κ1) is 64.2. The molecule has 7 heterocycles. The molecule has 3 aliphatic heterocycles. The van der Waals surface area contributed by atoms with Crippen LogP contribution in [0.3, 0.4) is 0 Å². The minimum Gasteiger partial charge on any atom is -0.424 e. The smallest absolute Gasteiger partial charge is 0.415 e. The molecule has 4 aromatic heterocycles. The minimum atomic E-state index is -0.353. The standard InChI is InChI=1S/C23H25N5O3.C23H30N4O2.C22H29N3O2/c1-17-11-21(14-24-13-17)31-23(29)28-10-9-27(15-18(28)2)16-19-5-3-6-20(12-19)30-22-25-7-4-8-26-22;1-15-7-6-8-20(17(15)3)14-26-9-10-27(16(2)13-26)23(28)29-22-12-25-11-21(18(22)4)19(5)24;1-15-7-6-8-20(18(15)4)14-24-9-10-25(17(3)13-24)22(26)27-21-12-23-11-16(2)19(21)5/h3-8,11-14,18H,9-10,15-16H2,1-2H3;6-8,11-12,16H,5,9-10,13-14,24H2,1-4H3;6-8,11-12,17H,9-10,13-14H2,1-5H3/t18-;16-;17-/m111/s1. The molecule has 19 heteroatoms. The number of benzene rings is 3. The van der Waals surface area contributed by atoms with Crippen LogP contribution in [-0.4, -0.2) is 150 Å². The van der Waals surface area contributed by atoms with Crippen LogP contribution in [0.1, 0.15) is 87.5 Å². The fraction of sp³-hybridized carbons (Fsp3) is 0.382. The van der Waals surface area contributed by atoms with Crippen molar-refractivity contribution in [2.45, 2.75) is 114 Å². The normalized spacial score (nSPS) is 17.2. The van der Waals surface area contributed by atoms with E-state index in [0.29, 0.717) is 59.9 Å². The molecule has 3 fully saturated rings. The highest BCUT2D eigenvalue weighted by molar-refractivity contribution is 5.74. The van der Waals surface area contributed by atoms with Crippen LogP contribution in [-0.2, 0) is 19.6 Å². The van der Waals surface area contributed by atoms with Crippen molar-refractivity contribution in [1.29, 1.82) is 0 Å². The molecule has 19 nitrogen and oxygen atoms in total. The van der Waals surface area contributed by atoms with Crippen LogP contribution in [0, 0.1) is 55.4 Å². The zero-order valence-electron chi connectivity index (χ0n) is 52.3. The largest absolute Gasteiger partial charge is 0.424 e. The van der Waals surface area contributed by atoms with Gasteiger partial charge in [-0.1, -0.05) is 55.1 Å². The Morgan fingerprint density at radius 1 is 0.506 bits per heavy atom. The molecular weight excluding hydrogens is 1100 g/mol. The molecule has 0 bridgehead atoms. The molecule has 3 amide bonds. The Kier molecular flexibility index (Phi) is 22.2. The highest BCUT2D eigenvalue weighted by Gasteiger charge is 2.32. The molecule has 7 aromatic rings. The van der Waals surface area contributed by atoms with Crippen LogP contribution in [0.4, 0.5) is 14.4 Å². The summed E-state index contributed by atoms with van der Waals surface area (Å²) >= 11 is 0. The van der Waals surface area contributed by atoms with Gasteiger partial charge in [0.25, 0.3) is 0 Å². The van der Waals surface area contributed by atoms with E-state index in [9.17, 15) is 14.4 Å². The molecule has 10 rings (SSSR count). The topological polar surface area (TPSA) is 198 Å². The lowest BCUT2D eigenvalue weighted by atomic mass is 10.0. The highest BCUT2D eigenvalue weighted by atomic mass is 16.6. The maximum Gasteiger partial charge on any atom is 0.415 e. The number of hydrogen-bond acceptors (Lipinski definition) is 16. The Bertz CT molecular complexity index is 3510. The van der Waals surface area contributed by atoms with Crippen LogP contribution in [0.2, 0.25) is 0 Å². The quantitative estimate of drug-likeness (QED) is 0.121. The predicted octanol–water partition coefficient (Wildman–Crippen LogP) is 11.3. The number of nitrogens with zero attached hydrogens (tertiary/aromatic N) is 11. The fourth-order valence-corrected chi connectivity index (χ4v) is 10.9. The van der Waals surface area contributed by atoms with Crippen molar-refractivity contribution in [3.63, 3.8) is 0 Å². The van der Waals surface area contributed by atoms with Crippen LogP contribution >= 0.6 is 0 Å². The SMILES string of the molecule is C=C(N)c1cncc(OC(=O)N2CCN(Cc3cccc(C)c3C)C[C@H]2C)c1C.Cc1cccc(CN2CCN(C(=O)Oc3cncc(C)c3C)[C@H](C)C2)c1C.Cc1cncc(OC(=O)N2CCN(Cc3cccc(Oc4ncccn4)c3)C[C@H]2C)c1. The van der Waals surface area contributed by atoms with Gasteiger partial charge in [0, 0.05) is 144 Å². The van der Waals surface area contributed by atoms with Gasteiger partial charge in [0.15, 0.2) is 17.2 Å². The maximum absolute atomic E-state index is 12.8. The molecule has 0 unspecified atom stereocenters. The second kappa shape index (κ2) is 30.0. The number of hydrogen-bond donors (Lipinski definition) is 1. The van der Waals surface area contributed by atoms with E-state index in [1.165, 1.54) is 33.4 Å². The summed E-state index contributed by atoms with van der Waals surface area (Å²) in [5.41, 5.74) is 19.7. The van der Waals surface area contributed by atoms with Gasteiger partial charge in [-0.2, -0.15) is 0 Å². The Morgan fingerprint density at radius 3 is 1.51 bits per heavy atom. The van der Waals surface area contributed by atoms with Crippen molar-refractivity contribution in [2.75, 3.05) is 58.9 Å². The number of ether oxygens (including phenoxy) is 4. The molecule has 0 spiro atoms. The number of amides is 3. The van der Waals surface area contributed by atoms with E-state index in [1.54, 1.807) is 71.5 Å². The van der Waals surface area contributed by atoms with Crippen molar-refractivity contribution in [2.24, 2.45) is 5.73 Å². The number of nitrogens with two attached hydrogens (primary N) is 1. The lowest BCUT2D eigenvalue weighted by Crippen LogP contribution is -2.54. The van der Waals surface area contributed by atoms with Gasteiger partial charge in [-0.15, -0.1) is 0 Å². The molecule has 0 radical (unpaired) electrons. The molecule has 3 aromatic carbocycles. The third kappa shape index (κ3) is 17.5. The Morgan fingerprint density at radius 2 is 0.989 bits per heavy atom. The number of aromatic nitrogens is 5. The van der Waals surface area contributed by atoms with Crippen LogP contribution in [0.15, 0.2) is 129 Å². The van der Waals surface area contributed by atoms with E-state index in [2.05, 4.69) is 130 Å². The van der Waals surface area contributed by atoms with E-state index in [4.69, 9.17) is 24.7 Å². The lowest BCUT2D eigenvalue weighted by Gasteiger charge is -2.39. The van der Waals surface area contributed by atoms with E-state index in [0.717, 1.165) is 86.7 Å². The molecule has 458 valence electrons. The Hall–Kier alpha value is -8.78. The molecule has 3 atom stereocenters. The molecule has 0 saturated carbocycles. The monoisotopic (exact) mass is 1180 g/mol. The molecule has 3 aliphatic rings. The molecule has 2 N–H and O–H groups in total. The third-order valence-corrected chi connectivity index (χ3v) is 16.5. The minimum absolute atomic E-state index is 0.0381. The van der Waals surface area contributed by atoms with Crippen molar-refractivity contribution < 1.29 is 33.3 Å². The van der Waals surface area contributed by atoms with Gasteiger partial charge in [0.1, 0.15) is 5.75 Å². The fourth-order valence-electron chi connectivity index (χ4n) is 10.9. The van der Waals surface area contributed by atoms with Gasteiger partial charge in [0.2, 0.25) is 0 Å². The van der Waals surface area contributed by atoms with E-state index >= 15 is 0 Å². The van der Waals surface area contributed by atoms with Crippen LogP contribution in [0.5, 0.6) is 29.0 Å². The first-order valence-corrected chi connectivity index (χ1v) is 29.7. The molecule has 3 saturated heterocycles. The van der Waals surface area contributed by atoms with Crippen LogP contribution < -0.4 is 24.7 Å². The Labute approximate surface area is 512 Å². The third-order valence-electron chi connectivity index (χ3n) is 16.5. The number of piperazine rings is 3. The van der Waals surface area contributed by atoms with Gasteiger partial charge >= 0.3 is 24.3 Å². The number of aryl methyl sites for hydroxylation is 4. The number of carbonyl (C=O) groups excluding carboxylic acids is 3. The van der Waals surface area contributed by atoms with Crippen molar-refractivity contribution in [3.05, 3.63) is 196 Å². The van der Waals surface area contributed by atoms with E-state index in [1.807, 2.05) is 57.7 Å². The first-order chi connectivity index (χ1) is 41.7. The summed E-state index contributed by atoms with van der Waals surface area (Å²) in [7, 11) is 0. The highest BCUT2D eigenvalue weighted by Crippen LogP contribution is 2.27. The average Bonchev–Trinajstić information content (AvgIpc) is 3.52. The van der Waals surface area contributed by atoms with E-state index < -0.39 is 0 Å². The predicted molar refractivity (Wildman–Crippen MR) is 338 cm³/mol. The summed E-state index contributed by atoms with van der Waals surface area (Å²) < 4.78 is 22.5. The summed E-state index contributed by atoms with van der Waals surface area (Å²) in [6, 6.07) is 24.9. The second-order valence-electron chi connectivity index (χ2n) is 23.0. The summed E-state index contributed by atoms with van der Waals surface area (Å²) in [5, 5.41) is 0. The number of carbonyl (C=O) groups is 3. The second-order valence-corrected chi connectivity index (χ2v) is 23.0. The van der Waals surface area contributed by atoms with Crippen molar-refractivity contribution in [1.82, 2.24) is 54.3 Å². The lowest BCUT2D eigenvalue weighted by molar-refractivity contribution is 0.0745. The average molecular weight is 1180 g/mol. The van der Waals surface area contributed by atoms with E-state index in [-0.39, 0.29) is 36.4 Å². The molecule has 0 aliphatic carbocycles. The molecule has 87 heavy (non-hydrogen) atoms. The number of pyridine rings is 3.